The molecule has 8 aromatic rings. The van der Waals surface area contributed by atoms with Gasteiger partial charge in [-0.25, -0.2) is 40.4 Å². The van der Waals surface area contributed by atoms with Crippen LogP contribution < -0.4 is 14.4 Å². The van der Waals surface area contributed by atoms with Crippen molar-refractivity contribution < 1.29 is 63.2 Å². The van der Waals surface area contributed by atoms with Crippen LogP contribution in [0.1, 0.15) is 28.1 Å². The lowest BCUT2D eigenvalue weighted by Crippen LogP contribution is -2.48. The van der Waals surface area contributed by atoms with Crippen molar-refractivity contribution in [2.24, 2.45) is 5.11 Å². The molecule has 3 aromatic heterocycles. The second-order valence-electron chi connectivity index (χ2n) is 16.1. The molecular weight excluding hydrogens is 1030 g/mol. The molecular formula is C50H34F8N11O6S+. The maximum absolute atomic E-state index is 16.3. The SMILES string of the molecule is [C-]#[N+]c1ccc(Oc2ccc(C(F)(F)C(O)(CN=[N+]=N)c3ccc(F)cc3F)nc2)cc1.[C-]#[N+]c1ccc(Oc2ccc(C(F)(F)C(O)(Cn3nnnc3S(=O)(=O)c3ccc(C)cc3)c3ccc(F)cc3F)nc2)cc1. The van der Waals surface area contributed by atoms with E-state index in [1.165, 1.54) is 72.8 Å². The quantitative estimate of drug-likeness (QED) is 0.0357. The molecule has 5 aromatic carbocycles. The van der Waals surface area contributed by atoms with Crippen molar-refractivity contribution >= 4 is 21.2 Å². The molecule has 2 atom stereocenters. The number of aromatic nitrogens is 6. The monoisotopic (exact) mass is 1070 g/mol. The van der Waals surface area contributed by atoms with Gasteiger partial charge in [0.2, 0.25) is 14.7 Å². The van der Waals surface area contributed by atoms with E-state index in [1.54, 1.807) is 6.92 Å². The summed E-state index contributed by atoms with van der Waals surface area (Å²) in [5.74, 6) is -13.0. The van der Waals surface area contributed by atoms with Crippen LogP contribution in [0.2, 0.25) is 0 Å². The number of tetrazole rings is 1. The fourth-order valence-electron chi connectivity index (χ4n) is 7.15. The van der Waals surface area contributed by atoms with Gasteiger partial charge in [-0.15, -0.1) is 0 Å². The highest BCUT2D eigenvalue weighted by Gasteiger charge is 2.60. The Morgan fingerprint density at radius 3 is 1.51 bits per heavy atom. The van der Waals surface area contributed by atoms with E-state index in [0.29, 0.717) is 58.2 Å². The van der Waals surface area contributed by atoms with Gasteiger partial charge in [0, 0.05) is 23.3 Å². The fourth-order valence-corrected chi connectivity index (χ4v) is 8.38. The number of hydrogen-bond donors (Lipinski definition) is 3. The number of rotatable bonds is 16. The Balaban J connectivity index is 0.000000233. The molecule has 0 saturated heterocycles. The molecule has 386 valence electrons. The van der Waals surface area contributed by atoms with E-state index in [-0.39, 0.29) is 22.1 Å². The van der Waals surface area contributed by atoms with Gasteiger partial charge in [0.1, 0.15) is 68.3 Å². The third-order valence-corrected chi connectivity index (χ3v) is 12.8. The lowest BCUT2D eigenvalue weighted by atomic mass is 9.84. The van der Waals surface area contributed by atoms with Gasteiger partial charge in [0.15, 0.2) is 29.1 Å². The topological polar surface area (TPSA) is 221 Å². The van der Waals surface area contributed by atoms with E-state index in [0.717, 1.165) is 42.2 Å². The number of nitrogens with one attached hydrogen (secondary N) is 1. The minimum Gasteiger partial charge on any atom is -0.456 e. The fraction of sp³-hybridized carbons (Fsp3) is 0.140. The highest BCUT2D eigenvalue weighted by atomic mass is 32.2. The number of ether oxygens (including phenoxy) is 2. The standard InChI is InChI=1S/C29H20F4N6O4S.C21H14F4N5O2/c1-18-3-11-23(12-4-18)44(41,42)27-36-37-38-39(27)17-28(40,24-13-5-19(30)15-25(24)31)29(32,33)26-14-10-22(16-35-26)43-21-8-6-20(34-2)7-9-21;1-27-14-3-5-15(6-4-14)32-16-7-9-19(28-11-16)21(24,25)20(31,12-29-30-26)17-8-2-13(22)10-18(17)23/h3-16,40H,17H2,1H3;2-11,26,31H,12H2/q;+1. The van der Waals surface area contributed by atoms with Gasteiger partial charge in [-0.05, 0) is 102 Å². The van der Waals surface area contributed by atoms with Gasteiger partial charge in [-0.2, -0.15) is 17.6 Å². The first kappa shape index (κ1) is 54.4. The van der Waals surface area contributed by atoms with Crippen molar-refractivity contribution in [3.63, 3.8) is 0 Å². The number of hydrogen-bond acceptors (Lipinski definition) is 13. The highest BCUT2D eigenvalue weighted by Crippen LogP contribution is 2.48. The van der Waals surface area contributed by atoms with Gasteiger partial charge in [0.25, 0.3) is 5.16 Å². The van der Waals surface area contributed by atoms with Crippen LogP contribution in [0, 0.1) is 48.9 Å². The molecule has 3 heterocycles. The van der Waals surface area contributed by atoms with Crippen LogP contribution in [0.5, 0.6) is 23.0 Å². The number of nitrogens with zero attached hydrogens (tertiary/aromatic N) is 10. The molecule has 0 saturated carbocycles. The number of alkyl halides is 4. The first-order valence-electron chi connectivity index (χ1n) is 21.5. The Morgan fingerprint density at radius 1 is 0.645 bits per heavy atom. The molecule has 8 rings (SSSR count). The second-order valence-corrected chi connectivity index (χ2v) is 18.0. The van der Waals surface area contributed by atoms with E-state index in [2.05, 4.69) is 45.2 Å². The zero-order valence-electron chi connectivity index (χ0n) is 38.7. The predicted molar refractivity (Wildman–Crippen MR) is 249 cm³/mol. The minimum absolute atomic E-state index is 0.0172. The summed E-state index contributed by atoms with van der Waals surface area (Å²) >= 11 is 0. The normalized spacial score (nSPS) is 13.1. The van der Waals surface area contributed by atoms with Crippen LogP contribution in [0.3, 0.4) is 0 Å². The van der Waals surface area contributed by atoms with Gasteiger partial charge >= 0.3 is 11.8 Å². The maximum Gasteiger partial charge on any atom is 0.324 e. The van der Waals surface area contributed by atoms with Crippen molar-refractivity contribution in [3.05, 3.63) is 220 Å². The predicted octanol–water partition coefficient (Wildman–Crippen LogP) is 10.7. The first-order valence-corrected chi connectivity index (χ1v) is 23.0. The van der Waals surface area contributed by atoms with Crippen molar-refractivity contribution in [2.75, 3.05) is 6.54 Å². The zero-order valence-corrected chi connectivity index (χ0v) is 39.5. The average molecular weight is 1070 g/mol. The number of sulfone groups is 1. The maximum atomic E-state index is 16.3. The Hall–Kier alpha value is -9.33. The smallest absolute Gasteiger partial charge is 0.324 e. The Kier molecular flexibility index (Phi) is 15.8. The van der Waals surface area contributed by atoms with Crippen LogP contribution in [0.15, 0.2) is 161 Å². The Morgan fingerprint density at radius 2 is 1.09 bits per heavy atom. The molecule has 0 spiro atoms. The zero-order chi connectivity index (χ0) is 55.1. The average Bonchev–Trinajstić information content (AvgIpc) is 3.93. The van der Waals surface area contributed by atoms with Gasteiger partial charge in [-0.1, -0.05) is 47.1 Å². The van der Waals surface area contributed by atoms with Crippen LogP contribution in [-0.4, -0.2) is 55.4 Å². The first-order chi connectivity index (χ1) is 36.1. The van der Waals surface area contributed by atoms with Crippen molar-refractivity contribution in [1.29, 1.82) is 5.53 Å². The van der Waals surface area contributed by atoms with Gasteiger partial charge < -0.3 is 19.7 Å². The molecule has 3 N–H and O–H groups in total. The summed E-state index contributed by atoms with van der Waals surface area (Å²) in [5, 5.41) is 34.9. The van der Waals surface area contributed by atoms with Crippen LogP contribution in [-0.2, 0) is 39.4 Å². The number of pyridine rings is 2. The lowest BCUT2D eigenvalue weighted by Gasteiger charge is -2.36. The summed E-state index contributed by atoms with van der Waals surface area (Å²) in [6.45, 7) is 13.1. The van der Waals surface area contributed by atoms with Crippen molar-refractivity contribution in [2.45, 2.75) is 46.6 Å². The van der Waals surface area contributed by atoms with Crippen LogP contribution in [0.25, 0.3) is 9.69 Å². The minimum atomic E-state index is -4.50. The molecule has 0 aliphatic rings. The molecule has 76 heavy (non-hydrogen) atoms. The number of aliphatic hydroxyl groups is 2. The molecule has 0 bridgehead atoms. The lowest BCUT2D eigenvalue weighted by molar-refractivity contribution is -0.208. The Bertz CT molecular complexity index is 3640. The third kappa shape index (κ3) is 11.2. The summed E-state index contributed by atoms with van der Waals surface area (Å²) in [4.78, 5) is 16.2. The molecule has 0 fully saturated rings. The summed E-state index contributed by atoms with van der Waals surface area (Å²) in [7, 11) is -4.50. The van der Waals surface area contributed by atoms with E-state index >= 15 is 22.0 Å². The van der Waals surface area contributed by atoms with Crippen LogP contribution >= 0.6 is 0 Å². The summed E-state index contributed by atoms with van der Waals surface area (Å²) in [6, 6.07) is 24.8. The molecule has 2 unspecified atom stereocenters. The molecule has 0 radical (unpaired) electrons. The molecule has 0 aliphatic heterocycles. The van der Waals surface area contributed by atoms with E-state index in [1.807, 2.05) is 0 Å². The van der Waals surface area contributed by atoms with Crippen LogP contribution in [0.4, 0.5) is 46.5 Å². The number of benzene rings is 5. The highest BCUT2D eigenvalue weighted by molar-refractivity contribution is 7.91. The summed E-state index contributed by atoms with van der Waals surface area (Å²) in [6.07, 6.45) is 1.90. The van der Waals surface area contributed by atoms with Crippen molar-refractivity contribution in [1.82, 2.24) is 35.1 Å². The molecule has 26 heteroatoms. The molecule has 0 amide bonds. The largest absolute Gasteiger partial charge is 0.456 e. The van der Waals surface area contributed by atoms with Crippen molar-refractivity contribution in [3.8, 4) is 23.0 Å². The van der Waals surface area contributed by atoms with E-state index in [9.17, 15) is 31.8 Å². The Labute approximate surface area is 425 Å². The summed E-state index contributed by atoms with van der Waals surface area (Å²) < 4.78 is 158. The molecule has 0 aliphatic carbocycles. The number of halogens is 8. The van der Waals surface area contributed by atoms with E-state index in [4.69, 9.17) is 28.1 Å². The van der Waals surface area contributed by atoms with Gasteiger partial charge in [0.05, 0.1) is 37.0 Å². The molecule has 17 nitrogen and oxygen atoms in total. The van der Waals surface area contributed by atoms with Gasteiger partial charge in [-0.3, -0.25) is 9.97 Å². The summed E-state index contributed by atoms with van der Waals surface area (Å²) in [5.41, 5.74) is -2.71. The second kappa shape index (κ2) is 22.0. The van der Waals surface area contributed by atoms with E-state index < -0.39 is 96.9 Å². The number of aryl methyl sites for hydroxylation is 1. The third-order valence-electron chi connectivity index (χ3n) is 11.1.